The molecule has 0 aromatic heterocycles. The fourth-order valence-corrected chi connectivity index (χ4v) is 5.21. The lowest BCUT2D eigenvalue weighted by molar-refractivity contribution is 0.367. The van der Waals surface area contributed by atoms with E-state index in [1.165, 1.54) is 0 Å². The molecule has 1 heterocycles. The summed E-state index contributed by atoms with van der Waals surface area (Å²) in [7, 11) is -3.37. The molecule has 1 atom stereocenters. The van der Waals surface area contributed by atoms with Crippen LogP contribution in [0.1, 0.15) is 19.4 Å². The molecular weight excluding hydrogens is 292 g/mol. The average molecular weight is 314 g/mol. The van der Waals surface area contributed by atoms with E-state index in [1.54, 1.807) is 16.4 Å². The number of nitrogens with zero attached hydrogens (tertiary/aromatic N) is 1. The van der Waals surface area contributed by atoms with E-state index in [1.807, 2.05) is 37.7 Å². The van der Waals surface area contributed by atoms with Crippen LogP contribution in [-0.4, -0.2) is 43.4 Å². The van der Waals surface area contributed by atoms with Gasteiger partial charge in [0.15, 0.2) is 0 Å². The van der Waals surface area contributed by atoms with Gasteiger partial charge in [0.25, 0.3) is 0 Å². The lowest BCUT2D eigenvalue weighted by atomic mass is 10.2. The number of nitrogens with one attached hydrogen (secondary N) is 1. The predicted octanol–water partition coefficient (Wildman–Crippen LogP) is 1.92. The standard InChI is InChI=1S/C14H22N2O2S2/c1-3-15-10-13-5-4-6-14(9-13)20(17,18)16-7-8-19-11-12(16)2/h4-6,9,12,15H,3,7-8,10-11H2,1-2H3. The summed E-state index contributed by atoms with van der Waals surface area (Å²) >= 11 is 1.82. The summed E-state index contributed by atoms with van der Waals surface area (Å²) in [4.78, 5) is 0.409. The number of thioether (sulfide) groups is 1. The van der Waals surface area contributed by atoms with Gasteiger partial charge in [0, 0.05) is 30.6 Å². The molecular formula is C14H22N2O2S2. The Labute approximate surface area is 126 Å². The van der Waals surface area contributed by atoms with Gasteiger partial charge in [0.2, 0.25) is 10.0 Å². The smallest absolute Gasteiger partial charge is 0.243 e. The highest BCUT2D eigenvalue weighted by Gasteiger charge is 2.31. The van der Waals surface area contributed by atoms with Gasteiger partial charge in [0.1, 0.15) is 0 Å². The highest BCUT2D eigenvalue weighted by Crippen LogP contribution is 2.24. The van der Waals surface area contributed by atoms with Crippen molar-refractivity contribution in [2.75, 3.05) is 24.6 Å². The Morgan fingerprint density at radius 1 is 1.45 bits per heavy atom. The minimum atomic E-state index is -3.37. The van der Waals surface area contributed by atoms with Gasteiger partial charge in [-0.3, -0.25) is 0 Å². The maximum atomic E-state index is 12.7. The predicted molar refractivity (Wildman–Crippen MR) is 84.5 cm³/mol. The van der Waals surface area contributed by atoms with Crippen LogP contribution in [0.25, 0.3) is 0 Å². The summed E-state index contributed by atoms with van der Waals surface area (Å²) in [5.41, 5.74) is 1.01. The Morgan fingerprint density at radius 2 is 2.25 bits per heavy atom. The zero-order valence-corrected chi connectivity index (χ0v) is 13.6. The zero-order valence-electron chi connectivity index (χ0n) is 12.0. The number of rotatable bonds is 5. The summed E-state index contributed by atoms with van der Waals surface area (Å²) < 4.78 is 27.1. The van der Waals surface area contributed by atoms with Gasteiger partial charge >= 0.3 is 0 Å². The van der Waals surface area contributed by atoms with Gasteiger partial charge in [-0.15, -0.1) is 0 Å². The normalized spacial score (nSPS) is 21.0. The molecule has 6 heteroatoms. The van der Waals surface area contributed by atoms with Crippen molar-refractivity contribution in [3.05, 3.63) is 29.8 Å². The first-order valence-corrected chi connectivity index (χ1v) is 9.54. The molecule has 1 aromatic carbocycles. The quantitative estimate of drug-likeness (QED) is 0.902. The van der Waals surface area contributed by atoms with Crippen molar-refractivity contribution < 1.29 is 8.42 Å². The first-order chi connectivity index (χ1) is 9.55. The van der Waals surface area contributed by atoms with Crippen molar-refractivity contribution >= 4 is 21.8 Å². The monoisotopic (exact) mass is 314 g/mol. The van der Waals surface area contributed by atoms with Crippen molar-refractivity contribution in [2.24, 2.45) is 0 Å². The largest absolute Gasteiger partial charge is 0.313 e. The fourth-order valence-electron chi connectivity index (χ4n) is 2.29. The Balaban J connectivity index is 2.24. The number of benzene rings is 1. The first kappa shape index (κ1) is 15.8. The minimum Gasteiger partial charge on any atom is -0.313 e. The van der Waals surface area contributed by atoms with Crippen molar-refractivity contribution in [1.29, 1.82) is 0 Å². The maximum absolute atomic E-state index is 12.7. The lowest BCUT2D eigenvalue weighted by Crippen LogP contribution is -2.44. The molecule has 1 aromatic rings. The topological polar surface area (TPSA) is 49.4 Å². The molecule has 0 spiro atoms. The summed E-state index contributed by atoms with van der Waals surface area (Å²) in [5.74, 6) is 1.75. The van der Waals surface area contributed by atoms with E-state index in [0.29, 0.717) is 18.0 Å². The van der Waals surface area contributed by atoms with E-state index in [9.17, 15) is 8.42 Å². The van der Waals surface area contributed by atoms with Crippen molar-refractivity contribution in [3.8, 4) is 0 Å². The third kappa shape index (κ3) is 3.55. The molecule has 1 aliphatic rings. The second-order valence-corrected chi connectivity index (χ2v) is 8.01. The van der Waals surface area contributed by atoms with E-state index in [-0.39, 0.29) is 6.04 Å². The van der Waals surface area contributed by atoms with Gasteiger partial charge in [-0.2, -0.15) is 16.1 Å². The van der Waals surface area contributed by atoms with Crippen LogP contribution in [0.15, 0.2) is 29.2 Å². The molecule has 1 N–H and O–H groups in total. The molecule has 0 bridgehead atoms. The second kappa shape index (κ2) is 6.93. The highest BCUT2D eigenvalue weighted by atomic mass is 32.2. The van der Waals surface area contributed by atoms with Crippen LogP contribution >= 0.6 is 11.8 Å². The zero-order chi connectivity index (χ0) is 14.6. The summed E-state index contributed by atoms with van der Waals surface area (Å²) in [6.07, 6.45) is 0. The third-order valence-electron chi connectivity index (χ3n) is 3.39. The van der Waals surface area contributed by atoms with Gasteiger partial charge < -0.3 is 5.32 Å². The van der Waals surface area contributed by atoms with Crippen LogP contribution in [0.3, 0.4) is 0 Å². The Morgan fingerprint density at radius 3 is 2.95 bits per heavy atom. The fraction of sp³-hybridized carbons (Fsp3) is 0.571. The van der Waals surface area contributed by atoms with Crippen molar-refractivity contribution in [2.45, 2.75) is 31.3 Å². The summed E-state index contributed by atoms with van der Waals surface area (Å²) in [6, 6.07) is 7.32. The molecule has 4 nitrogen and oxygen atoms in total. The molecule has 1 saturated heterocycles. The first-order valence-electron chi connectivity index (χ1n) is 6.95. The van der Waals surface area contributed by atoms with Crippen LogP contribution in [0.2, 0.25) is 0 Å². The van der Waals surface area contributed by atoms with Gasteiger partial charge in [-0.25, -0.2) is 8.42 Å². The maximum Gasteiger partial charge on any atom is 0.243 e. The molecule has 1 aliphatic heterocycles. The lowest BCUT2D eigenvalue weighted by Gasteiger charge is -2.32. The van der Waals surface area contributed by atoms with E-state index < -0.39 is 10.0 Å². The number of sulfonamides is 1. The third-order valence-corrected chi connectivity index (χ3v) is 6.59. The summed E-state index contributed by atoms with van der Waals surface area (Å²) in [6.45, 7) is 6.19. The molecule has 112 valence electrons. The molecule has 0 aliphatic carbocycles. The van der Waals surface area contributed by atoms with Crippen LogP contribution in [0.5, 0.6) is 0 Å². The van der Waals surface area contributed by atoms with Crippen LogP contribution < -0.4 is 5.32 Å². The van der Waals surface area contributed by atoms with E-state index >= 15 is 0 Å². The van der Waals surface area contributed by atoms with Gasteiger partial charge in [-0.1, -0.05) is 19.1 Å². The molecule has 0 amide bonds. The van der Waals surface area contributed by atoms with E-state index in [4.69, 9.17) is 0 Å². The SMILES string of the molecule is CCNCc1cccc(S(=O)(=O)N2CCSCC2C)c1. The second-order valence-electron chi connectivity index (χ2n) is 4.97. The molecule has 1 fully saturated rings. The molecule has 0 radical (unpaired) electrons. The van der Waals surface area contributed by atoms with Crippen LogP contribution in [-0.2, 0) is 16.6 Å². The Bertz CT molecular complexity index is 546. The van der Waals surface area contributed by atoms with Gasteiger partial charge in [-0.05, 0) is 31.2 Å². The average Bonchev–Trinajstić information content (AvgIpc) is 2.45. The minimum absolute atomic E-state index is 0.0659. The van der Waals surface area contributed by atoms with E-state index in [0.717, 1.165) is 23.6 Å². The van der Waals surface area contributed by atoms with Crippen molar-refractivity contribution in [1.82, 2.24) is 9.62 Å². The number of hydrogen-bond donors (Lipinski definition) is 1. The molecule has 2 rings (SSSR count). The summed E-state index contributed by atoms with van der Waals surface area (Å²) in [5, 5.41) is 3.22. The van der Waals surface area contributed by atoms with Gasteiger partial charge in [0.05, 0.1) is 4.90 Å². The van der Waals surface area contributed by atoms with Crippen LogP contribution in [0.4, 0.5) is 0 Å². The number of hydrogen-bond acceptors (Lipinski definition) is 4. The Kier molecular flexibility index (Phi) is 5.49. The van der Waals surface area contributed by atoms with Crippen LogP contribution in [0, 0.1) is 0 Å². The molecule has 20 heavy (non-hydrogen) atoms. The Hall–Kier alpha value is -0.560. The molecule has 0 saturated carbocycles. The van der Waals surface area contributed by atoms with E-state index in [2.05, 4.69) is 5.32 Å². The molecule has 1 unspecified atom stereocenters. The van der Waals surface area contributed by atoms with Crippen molar-refractivity contribution in [3.63, 3.8) is 0 Å². The highest BCUT2D eigenvalue weighted by molar-refractivity contribution is 7.99.